The number of nitrogens with two attached hydrogens (primary N) is 1. The van der Waals surface area contributed by atoms with E-state index in [0.29, 0.717) is 29.0 Å². The zero-order chi connectivity index (χ0) is 20.1. The number of rotatable bonds is 6. The number of amidine groups is 1. The van der Waals surface area contributed by atoms with Gasteiger partial charge < -0.3 is 20.9 Å². The van der Waals surface area contributed by atoms with E-state index >= 15 is 0 Å². The predicted molar refractivity (Wildman–Crippen MR) is 104 cm³/mol. The number of hydrogen-bond acceptors (Lipinski definition) is 5. The summed E-state index contributed by atoms with van der Waals surface area (Å²) in [4.78, 5) is 25.1. The maximum atomic E-state index is 13.1. The van der Waals surface area contributed by atoms with Crippen molar-refractivity contribution in [3.8, 4) is 0 Å². The van der Waals surface area contributed by atoms with Crippen LogP contribution in [0.25, 0.3) is 0 Å². The Labute approximate surface area is 164 Å². The highest BCUT2D eigenvalue weighted by Crippen LogP contribution is 2.57. The van der Waals surface area contributed by atoms with Gasteiger partial charge in [0.25, 0.3) is 0 Å². The van der Waals surface area contributed by atoms with Crippen molar-refractivity contribution in [3.63, 3.8) is 0 Å². The van der Waals surface area contributed by atoms with E-state index in [2.05, 4.69) is 5.32 Å². The van der Waals surface area contributed by atoms with Crippen molar-refractivity contribution in [2.75, 3.05) is 5.32 Å². The summed E-state index contributed by atoms with van der Waals surface area (Å²) in [5.41, 5.74) is 3.94. The first-order valence-electron chi connectivity index (χ1n) is 9.89. The van der Waals surface area contributed by atoms with Gasteiger partial charge in [-0.15, -0.1) is 0 Å². The Balaban J connectivity index is 1.55. The molecule has 4 bridgehead atoms. The molecule has 4 aliphatic carbocycles. The van der Waals surface area contributed by atoms with Crippen molar-refractivity contribution in [2.24, 2.45) is 23.5 Å². The van der Waals surface area contributed by atoms with E-state index in [-0.39, 0.29) is 5.84 Å². The fourth-order valence-corrected chi connectivity index (χ4v) is 5.70. The third-order valence-electron chi connectivity index (χ3n) is 6.70. The van der Waals surface area contributed by atoms with Crippen LogP contribution in [0.15, 0.2) is 24.3 Å². The summed E-state index contributed by atoms with van der Waals surface area (Å²) in [5, 5.41) is 20.2. The Bertz CT molecular complexity index is 801. The van der Waals surface area contributed by atoms with Crippen LogP contribution in [-0.2, 0) is 14.3 Å². The topological polar surface area (TPSA) is 126 Å². The number of esters is 1. The number of aliphatic carboxylic acids is 1. The first-order chi connectivity index (χ1) is 13.2. The van der Waals surface area contributed by atoms with Crippen LogP contribution in [0.4, 0.5) is 5.69 Å². The minimum absolute atomic E-state index is 0.128. The molecule has 4 aliphatic rings. The van der Waals surface area contributed by atoms with Crippen molar-refractivity contribution in [3.05, 3.63) is 29.8 Å². The zero-order valence-corrected chi connectivity index (χ0v) is 16.0. The quantitative estimate of drug-likeness (QED) is 0.258. The minimum atomic E-state index is -1.92. The number of carbonyl (C=O) groups is 2. The summed E-state index contributed by atoms with van der Waals surface area (Å²) in [6.45, 7) is 1.33. The monoisotopic (exact) mass is 385 g/mol. The van der Waals surface area contributed by atoms with Crippen LogP contribution < -0.4 is 11.1 Å². The van der Waals surface area contributed by atoms with Crippen LogP contribution in [-0.4, -0.2) is 34.0 Å². The Morgan fingerprint density at radius 2 is 1.79 bits per heavy atom. The third kappa shape index (κ3) is 3.23. The fraction of sp³-hybridized carbons (Fsp3) is 0.571. The lowest BCUT2D eigenvalue weighted by Gasteiger charge is -2.56. The van der Waals surface area contributed by atoms with E-state index in [1.54, 1.807) is 24.3 Å². The normalized spacial score (nSPS) is 32.4. The van der Waals surface area contributed by atoms with E-state index in [9.17, 15) is 14.7 Å². The van der Waals surface area contributed by atoms with Crippen molar-refractivity contribution < 1.29 is 19.4 Å². The summed E-state index contributed by atoms with van der Waals surface area (Å²) < 4.78 is 5.98. The van der Waals surface area contributed by atoms with Gasteiger partial charge in [-0.05, 0) is 75.3 Å². The molecule has 1 atom stereocenters. The van der Waals surface area contributed by atoms with Gasteiger partial charge >= 0.3 is 11.9 Å². The number of benzene rings is 1. The molecule has 0 aliphatic heterocycles. The lowest BCUT2D eigenvalue weighted by atomic mass is 9.54. The highest BCUT2D eigenvalue weighted by molar-refractivity contribution is 6.07. The van der Waals surface area contributed by atoms with E-state index in [0.717, 1.165) is 19.3 Å². The molecule has 150 valence electrons. The SMILES string of the molecule is C[C@](Nc1cccc(C(=N)N)c1)(C(=O)O)C(=O)OC12CC3CC(CC(C3)C1)C2. The molecule has 0 saturated heterocycles. The number of carboxylic acids is 1. The molecule has 4 saturated carbocycles. The highest BCUT2D eigenvalue weighted by atomic mass is 16.6. The number of nitrogens with one attached hydrogen (secondary N) is 2. The second kappa shape index (κ2) is 6.50. The summed E-state index contributed by atoms with van der Waals surface area (Å²) in [6.07, 6.45) is 6.18. The van der Waals surface area contributed by atoms with Crippen molar-refractivity contribution >= 4 is 23.5 Å². The molecule has 0 heterocycles. The van der Waals surface area contributed by atoms with Crippen LogP contribution in [0.2, 0.25) is 0 Å². The summed E-state index contributed by atoms with van der Waals surface area (Å²) in [7, 11) is 0. The Morgan fingerprint density at radius 1 is 1.21 bits per heavy atom. The Kier molecular flexibility index (Phi) is 4.36. The number of nitrogen functional groups attached to an aromatic ring is 1. The molecule has 1 aromatic rings. The zero-order valence-electron chi connectivity index (χ0n) is 16.0. The van der Waals surface area contributed by atoms with E-state index < -0.39 is 23.1 Å². The minimum Gasteiger partial charge on any atom is -0.479 e. The van der Waals surface area contributed by atoms with Gasteiger partial charge in [0.15, 0.2) is 0 Å². The molecule has 5 rings (SSSR count). The largest absolute Gasteiger partial charge is 0.479 e. The van der Waals surface area contributed by atoms with Crippen molar-refractivity contribution in [1.29, 1.82) is 5.41 Å². The lowest BCUT2D eigenvalue weighted by molar-refractivity contribution is -0.192. The van der Waals surface area contributed by atoms with Crippen LogP contribution in [0.1, 0.15) is 51.0 Å². The molecule has 0 aromatic heterocycles. The molecule has 0 radical (unpaired) electrons. The fourth-order valence-electron chi connectivity index (χ4n) is 5.70. The molecular formula is C21H27N3O4. The van der Waals surface area contributed by atoms with Crippen LogP contribution in [0.5, 0.6) is 0 Å². The van der Waals surface area contributed by atoms with Gasteiger partial charge in [-0.1, -0.05) is 12.1 Å². The molecule has 0 spiro atoms. The Hall–Kier alpha value is -2.57. The maximum absolute atomic E-state index is 13.1. The number of ether oxygens (including phenoxy) is 1. The van der Waals surface area contributed by atoms with Gasteiger partial charge in [0.2, 0.25) is 5.54 Å². The van der Waals surface area contributed by atoms with Crippen molar-refractivity contribution in [2.45, 2.75) is 56.6 Å². The highest BCUT2D eigenvalue weighted by Gasteiger charge is 2.55. The molecule has 5 N–H and O–H groups in total. The van der Waals surface area contributed by atoms with Crippen LogP contribution in [0, 0.1) is 23.2 Å². The molecule has 4 fully saturated rings. The summed E-state index contributed by atoms with van der Waals surface area (Å²) >= 11 is 0. The summed E-state index contributed by atoms with van der Waals surface area (Å²) in [5.74, 6) is -0.400. The molecule has 28 heavy (non-hydrogen) atoms. The van der Waals surface area contributed by atoms with Crippen LogP contribution in [0.3, 0.4) is 0 Å². The van der Waals surface area contributed by atoms with E-state index in [4.69, 9.17) is 15.9 Å². The second-order valence-electron chi connectivity index (χ2n) is 9.04. The van der Waals surface area contributed by atoms with Gasteiger partial charge in [0.1, 0.15) is 11.4 Å². The molecule has 1 aromatic carbocycles. The van der Waals surface area contributed by atoms with Gasteiger partial charge in [0.05, 0.1) is 0 Å². The summed E-state index contributed by atoms with van der Waals surface area (Å²) in [6, 6.07) is 6.51. The number of anilines is 1. The van der Waals surface area contributed by atoms with E-state index in [1.165, 1.54) is 26.2 Å². The first kappa shape index (κ1) is 18.8. The Morgan fingerprint density at radius 3 is 2.29 bits per heavy atom. The molecule has 7 heteroatoms. The number of carbonyl (C=O) groups excluding carboxylic acids is 1. The number of hydrogen-bond donors (Lipinski definition) is 4. The smallest absolute Gasteiger partial charge is 0.343 e. The lowest BCUT2D eigenvalue weighted by Crippen LogP contribution is -2.58. The van der Waals surface area contributed by atoms with E-state index in [1.807, 2.05) is 0 Å². The maximum Gasteiger partial charge on any atom is 0.343 e. The molecule has 0 amide bonds. The molecule has 7 nitrogen and oxygen atoms in total. The second-order valence-corrected chi connectivity index (χ2v) is 9.04. The molecular weight excluding hydrogens is 358 g/mol. The van der Waals surface area contributed by atoms with Gasteiger partial charge in [-0.2, -0.15) is 0 Å². The predicted octanol–water partition coefficient (Wildman–Crippen LogP) is 2.74. The standard InChI is InChI=1S/C21H27N3O4/c1-20(18(25)26,24-16-4-2-3-15(8-16)17(22)23)19(27)28-21-9-12-5-13(10-21)7-14(6-12)11-21/h2-4,8,12-14,24H,5-7,9-11H2,1H3,(H3,22,23)(H,25,26)/t12?,13?,14?,20-,21?/m0/s1. The first-order valence-corrected chi connectivity index (χ1v) is 9.89. The van der Waals surface area contributed by atoms with Crippen molar-refractivity contribution in [1.82, 2.24) is 0 Å². The van der Waals surface area contributed by atoms with Gasteiger partial charge in [0, 0.05) is 11.3 Å². The average molecular weight is 385 g/mol. The number of carboxylic acid groups (broad SMARTS) is 1. The van der Waals surface area contributed by atoms with Gasteiger partial charge in [-0.25, -0.2) is 9.59 Å². The van der Waals surface area contributed by atoms with Crippen LogP contribution >= 0.6 is 0 Å². The molecule has 0 unspecified atom stereocenters. The average Bonchev–Trinajstić information content (AvgIpc) is 2.60. The van der Waals surface area contributed by atoms with Gasteiger partial charge in [-0.3, -0.25) is 5.41 Å². The third-order valence-corrected chi connectivity index (χ3v) is 6.70.